The monoisotopic (exact) mass is 346 g/mol. The predicted octanol–water partition coefficient (Wildman–Crippen LogP) is 2.50. The van der Waals surface area contributed by atoms with Crippen molar-refractivity contribution < 1.29 is 13.2 Å². The highest BCUT2D eigenvalue weighted by atomic mass is 35.5. The minimum absolute atomic E-state index is 0.0167. The second-order valence-electron chi connectivity index (χ2n) is 5.54. The van der Waals surface area contributed by atoms with Crippen molar-refractivity contribution in [3.8, 4) is 0 Å². The van der Waals surface area contributed by atoms with E-state index in [9.17, 15) is 13.2 Å². The molecule has 0 aromatic heterocycles. The van der Waals surface area contributed by atoms with Gasteiger partial charge in [0.15, 0.2) is 5.78 Å². The van der Waals surface area contributed by atoms with E-state index in [1.54, 1.807) is 0 Å². The van der Waals surface area contributed by atoms with E-state index in [1.165, 1.54) is 36.5 Å². The normalized spacial score (nSPS) is 12.1. The molecule has 0 saturated carbocycles. The molecular weight excluding hydrogens is 324 g/mol. The number of hydrogen-bond acceptors (Lipinski definition) is 4. The number of halogens is 1. The van der Waals surface area contributed by atoms with Crippen LogP contribution < -0.4 is 0 Å². The lowest BCUT2D eigenvalue weighted by molar-refractivity contribution is 0.101. The van der Waals surface area contributed by atoms with Crippen LogP contribution in [0.2, 0.25) is 5.02 Å². The molecule has 0 unspecified atom stereocenters. The second kappa shape index (κ2) is 8.06. The van der Waals surface area contributed by atoms with Gasteiger partial charge in [-0.1, -0.05) is 11.6 Å². The zero-order valence-electron chi connectivity index (χ0n) is 13.5. The summed E-state index contributed by atoms with van der Waals surface area (Å²) in [6, 6.07) is 4.32. The number of hydrogen-bond donors (Lipinski definition) is 0. The van der Waals surface area contributed by atoms with E-state index in [4.69, 9.17) is 11.6 Å². The third-order valence-electron chi connectivity index (χ3n) is 3.35. The topological polar surface area (TPSA) is 57.7 Å². The Balaban J connectivity index is 2.89. The molecule has 0 saturated heterocycles. The number of carbonyl (C=O) groups is 1. The summed E-state index contributed by atoms with van der Waals surface area (Å²) in [5.74, 6) is -0.193. The largest absolute Gasteiger partial charge is 0.309 e. The van der Waals surface area contributed by atoms with Crippen molar-refractivity contribution in [2.45, 2.75) is 24.7 Å². The Kier molecular flexibility index (Phi) is 6.99. The lowest BCUT2D eigenvalue weighted by atomic mass is 10.1. The molecule has 22 heavy (non-hydrogen) atoms. The highest BCUT2D eigenvalue weighted by Crippen LogP contribution is 2.25. The smallest absolute Gasteiger partial charge is 0.244 e. The summed E-state index contributed by atoms with van der Waals surface area (Å²) in [5, 5.41) is 0.130. The fourth-order valence-corrected chi connectivity index (χ4v) is 3.68. The summed E-state index contributed by atoms with van der Waals surface area (Å²) in [6.07, 6.45) is 1.67. The molecule has 0 bridgehead atoms. The van der Waals surface area contributed by atoms with Crippen molar-refractivity contribution >= 4 is 27.4 Å². The van der Waals surface area contributed by atoms with E-state index in [2.05, 4.69) is 4.90 Å². The van der Waals surface area contributed by atoms with Gasteiger partial charge in [0.05, 0.1) is 5.02 Å². The first-order valence-electron chi connectivity index (χ1n) is 7.08. The highest BCUT2D eigenvalue weighted by Gasteiger charge is 2.24. The minimum Gasteiger partial charge on any atom is -0.309 e. The van der Waals surface area contributed by atoms with E-state index in [0.717, 1.165) is 19.4 Å². The van der Waals surface area contributed by atoms with Crippen LogP contribution in [0.3, 0.4) is 0 Å². The molecule has 0 radical (unpaired) electrons. The van der Waals surface area contributed by atoms with E-state index in [0.29, 0.717) is 12.1 Å². The SMILES string of the molecule is CC(=O)c1ccc(Cl)c(S(=O)(=O)N(C)CCCCN(C)C)c1. The predicted molar refractivity (Wildman–Crippen MR) is 89.1 cm³/mol. The molecule has 1 rings (SSSR count). The van der Waals surface area contributed by atoms with Crippen LogP contribution in [-0.2, 0) is 10.0 Å². The molecule has 0 fully saturated rings. The molecule has 0 spiro atoms. The van der Waals surface area contributed by atoms with Gasteiger partial charge in [-0.15, -0.1) is 0 Å². The van der Waals surface area contributed by atoms with E-state index in [-0.39, 0.29) is 15.7 Å². The van der Waals surface area contributed by atoms with Crippen LogP contribution >= 0.6 is 11.6 Å². The Bertz CT molecular complexity index is 630. The molecule has 0 aliphatic heterocycles. The van der Waals surface area contributed by atoms with Crippen LogP contribution in [0.4, 0.5) is 0 Å². The van der Waals surface area contributed by atoms with Gasteiger partial charge < -0.3 is 4.90 Å². The minimum atomic E-state index is -3.69. The molecule has 0 aliphatic carbocycles. The van der Waals surface area contributed by atoms with E-state index >= 15 is 0 Å². The summed E-state index contributed by atoms with van der Waals surface area (Å²) < 4.78 is 26.4. The Morgan fingerprint density at radius 3 is 2.27 bits per heavy atom. The van der Waals surface area contributed by atoms with E-state index in [1.807, 2.05) is 14.1 Å². The van der Waals surface area contributed by atoms with Gasteiger partial charge in [-0.3, -0.25) is 4.79 Å². The quantitative estimate of drug-likeness (QED) is 0.536. The zero-order valence-corrected chi connectivity index (χ0v) is 15.0. The summed E-state index contributed by atoms with van der Waals surface area (Å²) in [5.41, 5.74) is 0.337. The Labute approximate surface area is 137 Å². The van der Waals surface area contributed by atoms with Gasteiger partial charge in [-0.05, 0) is 58.6 Å². The number of benzene rings is 1. The first-order chi connectivity index (χ1) is 10.2. The van der Waals surface area contributed by atoms with Crippen LogP contribution in [0.5, 0.6) is 0 Å². The summed E-state index contributed by atoms with van der Waals surface area (Å²) in [7, 11) is 1.80. The third-order valence-corrected chi connectivity index (χ3v) is 5.69. The molecule has 1 aromatic rings. The third kappa shape index (κ3) is 5.05. The van der Waals surface area contributed by atoms with Gasteiger partial charge in [-0.25, -0.2) is 12.7 Å². The molecule has 0 heterocycles. The molecular formula is C15H23ClN2O3S. The van der Waals surface area contributed by atoms with Gasteiger partial charge >= 0.3 is 0 Å². The van der Waals surface area contributed by atoms with Crippen LogP contribution in [0.1, 0.15) is 30.1 Å². The van der Waals surface area contributed by atoms with Crippen LogP contribution in [0, 0.1) is 0 Å². The molecule has 0 atom stereocenters. The number of sulfonamides is 1. The number of Topliss-reactive ketones (excluding diaryl/α,β-unsaturated/α-hetero) is 1. The fourth-order valence-electron chi connectivity index (χ4n) is 1.97. The van der Waals surface area contributed by atoms with Crippen molar-refractivity contribution in [3.63, 3.8) is 0 Å². The van der Waals surface area contributed by atoms with Crippen molar-refractivity contribution in [2.75, 3.05) is 34.2 Å². The van der Waals surface area contributed by atoms with Gasteiger partial charge in [0.1, 0.15) is 4.90 Å². The molecule has 5 nitrogen and oxygen atoms in total. The highest BCUT2D eigenvalue weighted by molar-refractivity contribution is 7.89. The number of unbranched alkanes of at least 4 members (excludes halogenated alkanes) is 1. The number of rotatable bonds is 8. The maximum atomic E-state index is 12.6. The molecule has 0 amide bonds. The number of ketones is 1. The van der Waals surface area contributed by atoms with Crippen LogP contribution in [0.25, 0.3) is 0 Å². The fraction of sp³-hybridized carbons (Fsp3) is 0.533. The Hall–Kier alpha value is -0.950. The van der Waals surface area contributed by atoms with E-state index < -0.39 is 10.0 Å². The van der Waals surface area contributed by atoms with Crippen molar-refractivity contribution in [3.05, 3.63) is 28.8 Å². The van der Waals surface area contributed by atoms with Crippen LogP contribution in [-0.4, -0.2) is 57.6 Å². The Morgan fingerprint density at radius 1 is 1.14 bits per heavy atom. The first kappa shape index (κ1) is 19.1. The van der Waals surface area contributed by atoms with Gasteiger partial charge in [0, 0.05) is 19.2 Å². The molecule has 0 N–H and O–H groups in total. The molecule has 1 aromatic carbocycles. The molecule has 7 heteroatoms. The van der Waals surface area contributed by atoms with Crippen molar-refractivity contribution in [1.82, 2.24) is 9.21 Å². The summed E-state index contributed by atoms with van der Waals surface area (Å²) >= 11 is 6.01. The van der Waals surface area contributed by atoms with Gasteiger partial charge in [0.25, 0.3) is 0 Å². The van der Waals surface area contributed by atoms with Crippen molar-refractivity contribution in [1.29, 1.82) is 0 Å². The Morgan fingerprint density at radius 2 is 1.73 bits per heavy atom. The standard InChI is InChI=1S/C15H23ClN2O3S/c1-12(19)13-7-8-14(16)15(11-13)22(20,21)18(4)10-6-5-9-17(2)3/h7-8,11H,5-6,9-10H2,1-4H3. The average Bonchev–Trinajstić information content (AvgIpc) is 2.42. The average molecular weight is 347 g/mol. The number of carbonyl (C=O) groups excluding carboxylic acids is 1. The zero-order chi connectivity index (χ0) is 16.9. The van der Waals surface area contributed by atoms with Gasteiger partial charge in [0.2, 0.25) is 10.0 Å². The lowest BCUT2D eigenvalue weighted by Gasteiger charge is -2.19. The molecule has 0 aliphatic rings. The maximum Gasteiger partial charge on any atom is 0.244 e. The van der Waals surface area contributed by atoms with Crippen molar-refractivity contribution in [2.24, 2.45) is 0 Å². The second-order valence-corrected chi connectivity index (χ2v) is 7.96. The van der Waals surface area contributed by atoms with Crippen LogP contribution in [0.15, 0.2) is 23.1 Å². The first-order valence-corrected chi connectivity index (χ1v) is 8.89. The van der Waals surface area contributed by atoms with Gasteiger partial charge in [-0.2, -0.15) is 0 Å². The summed E-state index contributed by atoms with van der Waals surface area (Å²) in [4.78, 5) is 13.5. The maximum absolute atomic E-state index is 12.6. The summed E-state index contributed by atoms with van der Waals surface area (Å²) in [6.45, 7) is 2.72. The lowest BCUT2D eigenvalue weighted by Crippen LogP contribution is -2.29. The molecule has 124 valence electrons. The number of nitrogens with zero attached hydrogens (tertiary/aromatic N) is 2.